The minimum absolute atomic E-state index is 0.234. The van der Waals surface area contributed by atoms with Crippen LogP contribution in [0.3, 0.4) is 0 Å². The quantitative estimate of drug-likeness (QED) is 0.645. The molecule has 0 fully saturated rings. The standard InChI is InChI=1S/C13H15N3O2S/c1-2-18-10-5-3-9(4-6-10)8-19-13-15-11(14)7-12(17)16-13/h3-7H,2,8H2,1H3,(H3,14,15,16,17). The first-order chi connectivity index (χ1) is 9.17. The van der Waals surface area contributed by atoms with E-state index in [0.29, 0.717) is 17.5 Å². The van der Waals surface area contributed by atoms with Crippen LogP contribution in [0.2, 0.25) is 0 Å². The van der Waals surface area contributed by atoms with E-state index in [1.54, 1.807) is 0 Å². The minimum atomic E-state index is -0.235. The molecule has 0 unspecified atom stereocenters. The molecule has 0 aliphatic rings. The first-order valence-electron chi connectivity index (χ1n) is 5.88. The predicted molar refractivity (Wildman–Crippen MR) is 76.4 cm³/mol. The molecular formula is C13H15N3O2S. The normalized spacial score (nSPS) is 10.4. The van der Waals surface area contributed by atoms with Gasteiger partial charge in [0.15, 0.2) is 5.16 Å². The predicted octanol–water partition coefficient (Wildman–Crippen LogP) is 2.04. The van der Waals surface area contributed by atoms with Gasteiger partial charge in [0.2, 0.25) is 0 Å². The zero-order valence-electron chi connectivity index (χ0n) is 10.6. The Bertz CT molecular complexity index is 596. The third-order valence-electron chi connectivity index (χ3n) is 2.35. The molecule has 0 bridgehead atoms. The van der Waals surface area contributed by atoms with Gasteiger partial charge in [-0.1, -0.05) is 23.9 Å². The second-order valence-corrected chi connectivity index (χ2v) is 4.81. The lowest BCUT2D eigenvalue weighted by Gasteiger charge is -2.05. The van der Waals surface area contributed by atoms with E-state index in [1.807, 2.05) is 31.2 Å². The van der Waals surface area contributed by atoms with Gasteiger partial charge in [-0.25, -0.2) is 4.98 Å². The second-order valence-electron chi connectivity index (χ2n) is 3.84. The van der Waals surface area contributed by atoms with E-state index in [0.717, 1.165) is 11.3 Å². The molecule has 5 nitrogen and oxygen atoms in total. The number of nitrogens with two attached hydrogens (primary N) is 1. The van der Waals surface area contributed by atoms with Gasteiger partial charge in [-0.15, -0.1) is 0 Å². The Morgan fingerprint density at radius 3 is 2.74 bits per heavy atom. The highest BCUT2D eigenvalue weighted by molar-refractivity contribution is 7.98. The minimum Gasteiger partial charge on any atom is -0.494 e. The molecule has 2 rings (SSSR count). The molecule has 100 valence electrons. The fourth-order valence-corrected chi connectivity index (χ4v) is 2.36. The number of anilines is 1. The number of thioether (sulfide) groups is 1. The zero-order valence-corrected chi connectivity index (χ0v) is 11.4. The molecule has 0 saturated heterocycles. The number of ether oxygens (including phenoxy) is 1. The van der Waals surface area contributed by atoms with Crippen LogP contribution in [0.5, 0.6) is 5.75 Å². The molecule has 0 atom stereocenters. The second kappa shape index (κ2) is 6.29. The molecule has 0 spiro atoms. The van der Waals surface area contributed by atoms with Gasteiger partial charge < -0.3 is 15.5 Å². The van der Waals surface area contributed by atoms with Crippen molar-refractivity contribution >= 4 is 17.6 Å². The molecule has 0 aliphatic heterocycles. The summed E-state index contributed by atoms with van der Waals surface area (Å²) in [6, 6.07) is 9.09. The number of aromatic nitrogens is 2. The summed E-state index contributed by atoms with van der Waals surface area (Å²) in [6.45, 7) is 2.61. The van der Waals surface area contributed by atoms with E-state index in [9.17, 15) is 4.79 Å². The van der Waals surface area contributed by atoms with Crippen molar-refractivity contribution in [3.8, 4) is 5.75 Å². The molecule has 19 heavy (non-hydrogen) atoms. The van der Waals surface area contributed by atoms with Gasteiger partial charge in [-0.3, -0.25) is 4.79 Å². The molecular weight excluding hydrogens is 262 g/mol. The molecule has 0 saturated carbocycles. The van der Waals surface area contributed by atoms with Crippen LogP contribution in [0.4, 0.5) is 5.82 Å². The maximum Gasteiger partial charge on any atom is 0.253 e. The highest BCUT2D eigenvalue weighted by Gasteiger charge is 2.01. The smallest absolute Gasteiger partial charge is 0.253 e. The van der Waals surface area contributed by atoms with Gasteiger partial charge in [0.1, 0.15) is 11.6 Å². The molecule has 1 aromatic heterocycles. The van der Waals surface area contributed by atoms with Crippen molar-refractivity contribution in [2.24, 2.45) is 0 Å². The van der Waals surface area contributed by atoms with Crippen molar-refractivity contribution in [3.63, 3.8) is 0 Å². The number of aromatic amines is 1. The molecule has 0 aliphatic carbocycles. The summed E-state index contributed by atoms with van der Waals surface area (Å²) >= 11 is 1.43. The number of H-pyrrole nitrogens is 1. The molecule has 1 aromatic carbocycles. The van der Waals surface area contributed by atoms with Gasteiger partial charge in [0, 0.05) is 11.8 Å². The lowest BCUT2D eigenvalue weighted by atomic mass is 10.2. The van der Waals surface area contributed by atoms with Crippen LogP contribution in [0.1, 0.15) is 12.5 Å². The Hall–Kier alpha value is -1.95. The first kappa shape index (κ1) is 13.5. The number of nitrogen functional groups attached to an aromatic ring is 1. The van der Waals surface area contributed by atoms with E-state index < -0.39 is 0 Å². The summed E-state index contributed by atoms with van der Waals surface area (Å²) in [5, 5.41) is 0.527. The van der Waals surface area contributed by atoms with E-state index in [-0.39, 0.29) is 11.4 Å². The topological polar surface area (TPSA) is 81.0 Å². The summed E-state index contributed by atoms with van der Waals surface area (Å²) in [4.78, 5) is 17.9. The lowest BCUT2D eigenvalue weighted by molar-refractivity contribution is 0.340. The van der Waals surface area contributed by atoms with Gasteiger partial charge in [0.05, 0.1) is 6.61 Å². The third kappa shape index (κ3) is 4.03. The summed E-state index contributed by atoms with van der Waals surface area (Å²) in [7, 11) is 0. The number of hydrogen-bond donors (Lipinski definition) is 2. The average molecular weight is 277 g/mol. The average Bonchev–Trinajstić information content (AvgIpc) is 2.37. The van der Waals surface area contributed by atoms with Gasteiger partial charge in [-0.05, 0) is 24.6 Å². The van der Waals surface area contributed by atoms with Crippen LogP contribution in [0.25, 0.3) is 0 Å². The SMILES string of the molecule is CCOc1ccc(CSc2nc(N)cc(=O)[nH]2)cc1. The Kier molecular flexibility index (Phi) is 4.46. The van der Waals surface area contributed by atoms with E-state index in [4.69, 9.17) is 10.5 Å². The van der Waals surface area contributed by atoms with Crippen molar-refractivity contribution < 1.29 is 4.74 Å². The largest absolute Gasteiger partial charge is 0.494 e. The number of benzene rings is 1. The van der Waals surface area contributed by atoms with Crippen LogP contribution in [0.15, 0.2) is 40.3 Å². The summed E-state index contributed by atoms with van der Waals surface area (Å²) in [6.07, 6.45) is 0. The fourth-order valence-electron chi connectivity index (χ4n) is 1.52. The molecule has 1 heterocycles. The molecule has 3 N–H and O–H groups in total. The lowest BCUT2D eigenvalue weighted by Crippen LogP contribution is -2.09. The van der Waals surface area contributed by atoms with Crippen LogP contribution < -0.4 is 16.0 Å². The molecule has 0 radical (unpaired) electrons. The first-order valence-corrected chi connectivity index (χ1v) is 6.87. The Balaban J connectivity index is 1.99. The van der Waals surface area contributed by atoms with Crippen LogP contribution >= 0.6 is 11.8 Å². The maximum absolute atomic E-state index is 11.2. The Labute approximate surface area is 115 Å². The summed E-state index contributed by atoms with van der Waals surface area (Å²) in [5.41, 5.74) is 6.41. The van der Waals surface area contributed by atoms with Crippen LogP contribution in [-0.4, -0.2) is 16.6 Å². The van der Waals surface area contributed by atoms with Crippen molar-refractivity contribution in [1.82, 2.24) is 9.97 Å². The molecule has 0 amide bonds. The van der Waals surface area contributed by atoms with Crippen LogP contribution in [0, 0.1) is 0 Å². The highest BCUT2D eigenvalue weighted by atomic mass is 32.2. The summed E-state index contributed by atoms with van der Waals surface area (Å²) in [5.74, 6) is 1.79. The highest BCUT2D eigenvalue weighted by Crippen LogP contribution is 2.20. The Morgan fingerprint density at radius 1 is 1.37 bits per heavy atom. The van der Waals surface area contributed by atoms with E-state index in [2.05, 4.69) is 9.97 Å². The number of nitrogens with zero attached hydrogens (tertiary/aromatic N) is 1. The zero-order chi connectivity index (χ0) is 13.7. The van der Waals surface area contributed by atoms with Crippen molar-refractivity contribution in [2.45, 2.75) is 17.8 Å². The van der Waals surface area contributed by atoms with Gasteiger partial charge in [0.25, 0.3) is 5.56 Å². The monoisotopic (exact) mass is 277 g/mol. The van der Waals surface area contributed by atoms with Gasteiger partial charge in [-0.2, -0.15) is 0 Å². The number of hydrogen-bond acceptors (Lipinski definition) is 5. The van der Waals surface area contributed by atoms with Crippen molar-refractivity contribution in [1.29, 1.82) is 0 Å². The molecule has 2 aromatic rings. The molecule has 6 heteroatoms. The van der Waals surface area contributed by atoms with E-state index >= 15 is 0 Å². The fraction of sp³-hybridized carbons (Fsp3) is 0.231. The third-order valence-corrected chi connectivity index (χ3v) is 3.29. The number of rotatable bonds is 5. The van der Waals surface area contributed by atoms with E-state index in [1.165, 1.54) is 17.8 Å². The Morgan fingerprint density at radius 2 is 2.11 bits per heavy atom. The van der Waals surface area contributed by atoms with Crippen LogP contribution in [-0.2, 0) is 5.75 Å². The van der Waals surface area contributed by atoms with Crippen molar-refractivity contribution in [3.05, 3.63) is 46.2 Å². The summed E-state index contributed by atoms with van der Waals surface area (Å²) < 4.78 is 5.37. The van der Waals surface area contributed by atoms with Gasteiger partial charge >= 0.3 is 0 Å². The maximum atomic E-state index is 11.2. The number of nitrogens with one attached hydrogen (secondary N) is 1. The van der Waals surface area contributed by atoms with Crippen molar-refractivity contribution in [2.75, 3.05) is 12.3 Å².